The molecule has 0 amide bonds. The third-order valence-electron chi connectivity index (χ3n) is 10.9. The largest absolute Gasteiger partial charge is 0.456 e. The number of fused-ring (bicyclic) bond motifs is 9. The predicted molar refractivity (Wildman–Crippen MR) is 240 cm³/mol. The molecule has 0 saturated carbocycles. The maximum absolute atomic E-state index is 6.40. The van der Waals surface area contributed by atoms with Crippen molar-refractivity contribution in [1.29, 1.82) is 0 Å². The van der Waals surface area contributed by atoms with E-state index in [1.807, 2.05) is 71.2 Å². The Bertz CT molecular complexity index is 3470. The molecule has 0 aliphatic carbocycles. The van der Waals surface area contributed by atoms with Gasteiger partial charge in [0.1, 0.15) is 11.2 Å². The highest BCUT2D eigenvalue weighted by Gasteiger charge is 2.21. The molecule has 0 unspecified atom stereocenters. The maximum atomic E-state index is 6.40. The van der Waals surface area contributed by atoms with E-state index in [1.54, 1.807) is 0 Å². The number of aromatic nitrogens is 3. The number of furan rings is 1. The minimum atomic E-state index is 0.654. The van der Waals surface area contributed by atoms with Gasteiger partial charge in [0.15, 0.2) is 17.5 Å². The maximum Gasteiger partial charge on any atom is 0.164 e. The molecule has 0 aliphatic rings. The first-order valence-corrected chi connectivity index (χ1v) is 20.6. The molecule has 8 aromatic carbocycles. The molecule has 0 aliphatic heterocycles. The SMILES string of the molecule is c1ccc(-c2nc(-c3ccccc3)nc(-c3cccc4sc5c(-c6cc(-c7ccc8c(c7)oc7ccccc78)c7c(c6)sc6ccccc67)cccc5c34)n2)cc1. The molecular formula is C51H29N3OS2. The normalized spacial score (nSPS) is 11.9. The summed E-state index contributed by atoms with van der Waals surface area (Å²) in [6, 6.07) is 62.0. The Morgan fingerprint density at radius 2 is 0.947 bits per heavy atom. The van der Waals surface area contributed by atoms with Crippen molar-refractivity contribution in [2.24, 2.45) is 0 Å². The molecule has 0 spiro atoms. The lowest BCUT2D eigenvalue weighted by atomic mass is 9.93. The minimum Gasteiger partial charge on any atom is -0.456 e. The van der Waals surface area contributed by atoms with Crippen LogP contribution in [0, 0.1) is 0 Å². The predicted octanol–water partition coefficient (Wildman–Crippen LogP) is 14.8. The van der Waals surface area contributed by atoms with Crippen LogP contribution >= 0.6 is 22.7 Å². The lowest BCUT2D eigenvalue weighted by Crippen LogP contribution is -2.00. The van der Waals surface area contributed by atoms with Crippen molar-refractivity contribution < 1.29 is 4.42 Å². The summed E-state index contributed by atoms with van der Waals surface area (Å²) in [7, 11) is 0. The molecule has 4 heterocycles. The van der Waals surface area contributed by atoms with Gasteiger partial charge in [-0.15, -0.1) is 22.7 Å². The van der Waals surface area contributed by atoms with Crippen molar-refractivity contribution in [2.45, 2.75) is 0 Å². The molecule has 4 aromatic heterocycles. The summed E-state index contributed by atoms with van der Waals surface area (Å²) in [5.41, 5.74) is 9.44. The lowest BCUT2D eigenvalue weighted by molar-refractivity contribution is 0.669. The van der Waals surface area contributed by atoms with Crippen molar-refractivity contribution in [1.82, 2.24) is 15.0 Å². The van der Waals surface area contributed by atoms with Gasteiger partial charge in [0.2, 0.25) is 0 Å². The molecule has 57 heavy (non-hydrogen) atoms. The van der Waals surface area contributed by atoms with Gasteiger partial charge >= 0.3 is 0 Å². The third-order valence-corrected chi connectivity index (χ3v) is 13.3. The van der Waals surface area contributed by atoms with E-state index in [4.69, 9.17) is 19.4 Å². The van der Waals surface area contributed by atoms with Crippen LogP contribution in [0.4, 0.5) is 0 Å². The molecule has 0 fully saturated rings. The van der Waals surface area contributed by atoms with Crippen LogP contribution in [0.1, 0.15) is 0 Å². The number of thiophene rings is 2. The zero-order valence-corrected chi connectivity index (χ0v) is 31.9. The third kappa shape index (κ3) is 5.22. The smallest absolute Gasteiger partial charge is 0.164 e. The summed E-state index contributed by atoms with van der Waals surface area (Å²) in [6.45, 7) is 0. The van der Waals surface area contributed by atoms with E-state index >= 15 is 0 Å². The second-order valence-corrected chi connectivity index (χ2v) is 16.4. The molecule has 0 N–H and O–H groups in total. The number of hydrogen-bond acceptors (Lipinski definition) is 6. The lowest BCUT2D eigenvalue weighted by Gasteiger charge is -2.11. The van der Waals surface area contributed by atoms with Crippen molar-refractivity contribution in [2.75, 3.05) is 0 Å². The van der Waals surface area contributed by atoms with Crippen molar-refractivity contribution in [3.8, 4) is 56.4 Å². The molecule has 4 nitrogen and oxygen atoms in total. The monoisotopic (exact) mass is 763 g/mol. The number of nitrogens with zero attached hydrogens (tertiary/aromatic N) is 3. The fourth-order valence-corrected chi connectivity index (χ4v) is 10.8. The molecule has 12 aromatic rings. The van der Waals surface area contributed by atoms with Crippen LogP contribution in [0.25, 0.3) is 119 Å². The fourth-order valence-electron chi connectivity index (χ4n) is 8.32. The number of rotatable bonds is 5. The minimum absolute atomic E-state index is 0.654. The molecule has 0 saturated heterocycles. The van der Waals surface area contributed by atoms with Crippen molar-refractivity contribution in [3.05, 3.63) is 176 Å². The Morgan fingerprint density at radius 1 is 0.333 bits per heavy atom. The van der Waals surface area contributed by atoms with Crippen LogP contribution in [0.15, 0.2) is 180 Å². The van der Waals surface area contributed by atoms with Crippen LogP contribution in [0.5, 0.6) is 0 Å². The van der Waals surface area contributed by atoms with Crippen LogP contribution in [-0.4, -0.2) is 15.0 Å². The topological polar surface area (TPSA) is 51.8 Å². The first-order valence-electron chi connectivity index (χ1n) is 18.9. The average molecular weight is 764 g/mol. The quantitative estimate of drug-likeness (QED) is 0.175. The van der Waals surface area contributed by atoms with Crippen LogP contribution in [-0.2, 0) is 0 Å². The number of benzene rings is 8. The summed E-state index contributed by atoms with van der Waals surface area (Å²) in [6.07, 6.45) is 0. The second kappa shape index (κ2) is 12.8. The molecule has 266 valence electrons. The van der Waals surface area contributed by atoms with Crippen LogP contribution in [0.2, 0.25) is 0 Å². The summed E-state index contributed by atoms with van der Waals surface area (Å²) in [5.74, 6) is 1.97. The van der Waals surface area contributed by atoms with Gasteiger partial charge in [-0.1, -0.05) is 133 Å². The molecule has 0 atom stereocenters. The Morgan fingerprint density at radius 3 is 1.75 bits per heavy atom. The highest BCUT2D eigenvalue weighted by molar-refractivity contribution is 7.26. The first kappa shape index (κ1) is 32.3. The average Bonchev–Trinajstić information content (AvgIpc) is 3.97. The highest BCUT2D eigenvalue weighted by atomic mass is 32.1. The van der Waals surface area contributed by atoms with Crippen molar-refractivity contribution in [3.63, 3.8) is 0 Å². The van der Waals surface area contributed by atoms with Gasteiger partial charge in [0.05, 0.1) is 0 Å². The number of hydrogen-bond donors (Lipinski definition) is 0. The van der Waals surface area contributed by atoms with Gasteiger partial charge in [0, 0.05) is 67.8 Å². The van der Waals surface area contributed by atoms with Crippen LogP contribution < -0.4 is 0 Å². The Labute approximate surface area is 335 Å². The zero-order valence-electron chi connectivity index (χ0n) is 30.3. The first-order chi connectivity index (χ1) is 28.2. The number of para-hydroxylation sites is 1. The summed E-state index contributed by atoms with van der Waals surface area (Å²) in [4.78, 5) is 15.2. The van der Waals surface area contributed by atoms with Gasteiger partial charge in [-0.05, 0) is 64.7 Å². The van der Waals surface area contributed by atoms with Crippen molar-refractivity contribution >= 4 is 85.0 Å². The van der Waals surface area contributed by atoms with E-state index in [9.17, 15) is 0 Å². The summed E-state index contributed by atoms with van der Waals surface area (Å²) >= 11 is 3.68. The second-order valence-electron chi connectivity index (χ2n) is 14.3. The van der Waals surface area contributed by atoms with E-state index in [0.29, 0.717) is 17.5 Å². The van der Waals surface area contributed by atoms with Gasteiger partial charge in [-0.3, -0.25) is 0 Å². The Kier molecular flexibility index (Phi) is 7.24. The van der Waals surface area contributed by atoms with Gasteiger partial charge < -0.3 is 4.42 Å². The fraction of sp³-hybridized carbons (Fsp3) is 0. The van der Waals surface area contributed by atoms with E-state index in [0.717, 1.165) is 49.6 Å². The van der Waals surface area contributed by atoms with Gasteiger partial charge in [-0.25, -0.2) is 15.0 Å². The standard InChI is InChI=1S/C51H29N3OS2/c1-3-13-30(14-4-1)49-52-50(31-15-5-2-6-16-31)54-51(53-49)39-21-12-24-44-47(39)38-20-11-19-34(48(38)57-44)33-27-40(46-37-18-8-10-23-43(37)56-45(46)29-33)32-25-26-36-35-17-7-9-22-41(35)55-42(36)28-32/h1-29H. The van der Waals surface area contributed by atoms with Crippen LogP contribution in [0.3, 0.4) is 0 Å². The summed E-state index contributed by atoms with van der Waals surface area (Å²) < 4.78 is 11.4. The molecule has 0 radical (unpaired) electrons. The molecule has 6 heteroatoms. The Hall–Kier alpha value is -6.99. The molecular weight excluding hydrogens is 735 g/mol. The molecule has 0 bridgehead atoms. The van der Waals surface area contributed by atoms with E-state index in [1.165, 1.54) is 51.6 Å². The van der Waals surface area contributed by atoms with Gasteiger partial charge in [0.25, 0.3) is 0 Å². The van der Waals surface area contributed by atoms with E-state index in [2.05, 4.69) is 127 Å². The molecule has 12 rings (SSSR count). The van der Waals surface area contributed by atoms with E-state index < -0.39 is 0 Å². The summed E-state index contributed by atoms with van der Waals surface area (Å²) in [5, 5.41) is 7.16. The van der Waals surface area contributed by atoms with E-state index in [-0.39, 0.29) is 0 Å². The zero-order chi connectivity index (χ0) is 37.5. The highest BCUT2D eigenvalue weighted by Crippen LogP contribution is 2.48. The Balaban J connectivity index is 1.08. The van der Waals surface area contributed by atoms with Gasteiger partial charge in [-0.2, -0.15) is 0 Å².